The highest BCUT2D eigenvalue weighted by Gasteiger charge is 2.75. The molecule has 230 valence electrons. The first-order valence-electron chi connectivity index (χ1n) is 15.3. The second kappa shape index (κ2) is 9.89. The van der Waals surface area contributed by atoms with E-state index in [1.165, 1.54) is 43.2 Å². The summed E-state index contributed by atoms with van der Waals surface area (Å²) in [6.07, 6.45) is 2.52. The molecular formula is C33H37F3N2O5. The summed E-state index contributed by atoms with van der Waals surface area (Å²) in [4.78, 5) is 17.7. The van der Waals surface area contributed by atoms with E-state index in [9.17, 15) is 28.2 Å². The van der Waals surface area contributed by atoms with Gasteiger partial charge in [-0.15, -0.1) is 13.2 Å². The number of nitrogens with zero attached hydrogens (tertiary/aromatic N) is 2. The molecule has 2 aliphatic heterocycles. The summed E-state index contributed by atoms with van der Waals surface area (Å²) in [7, 11) is 1.71. The Hall–Kier alpha value is -3.24. The van der Waals surface area contributed by atoms with Crippen molar-refractivity contribution in [2.24, 2.45) is 11.8 Å². The molecular weight excluding hydrogens is 561 g/mol. The van der Waals surface area contributed by atoms with Crippen molar-refractivity contribution in [3.8, 4) is 17.2 Å². The number of alkyl halides is 3. The standard InChI is InChI=1S/C33H37F3N2O5/c1-3-22-17-24(37(2)27(40)12-9-19-5-4-6-23(15-19)43-33(34,35)36)30-31-13-14-38(18-20-7-8-20)26(32(22,31)41)16-21-10-11-25(39)29(42-30)28(21)31/h4-6,9-12,15,20,22,24,26,30,39,41H,3,7-8,13-14,16-18H2,1-2H3/t22-,24-,26+,30+,31-,32+/m0/s1. The lowest BCUT2D eigenvalue weighted by Gasteiger charge is -2.67. The van der Waals surface area contributed by atoms with Crippen LogP contribution in [-0.2, 0) is 16.6 Å². The Morgan fingerprint density at radius 2 is 2.05 bits per heavy atom. The molecule has 3 fully saturated rings. The van der Waals surface area contributed by atoms with Crippen LogP contribution in [0.25, 0.3) is 6.08 Å². The number of carbonyl (C=O) groups is 1. The molecule has 1 saturated heterocycles. The molecule has 2 N–H and O–H groups in total. The molecule has 5 aliphatic rings. The molecule has 1 spiro atoms. The van der Waals surface area contributed by atoms with Crippen molar-refractivity contribution in [2.45, 2.75) is 81.0 Å². The predicted molar refractivity (Wildman–Crippen MR) is 153 cm³/mol. The zero-order valence-electron chi connectivity index (χ0n) is 24.3. The van der Waals surface area contributed by atoms with Crippen LogP contribution in [0.1, 0.15) is 55.7 Å². The zero-order valence-corrected chi connectivity index (χ0v) is 24.3. The summed E-state index contributed by atoms with van der Waals surface area (Å²) >= 11 is 0. The third-order valence-corrected chi connectivity index (χ3v) is 10.8. The zero-order chi connectivity index (χ0) is 30.3. The number of hydrogen-bond acceptors (Lipinski definition) is 6. The largest absolute Gasteiger partial charge is 0.573 e. The summed E-state index contributed by atoms with van der Waals surface area (Å²) in [5, 5.41) is 24.0. The molecule has 1 amide bonds. The lowest BCUT2D eigenvalue weighted by atomic mass is 9.45. The summed E-state index contributed by atoms with van der Waals surface area (Å²) < 4.78 is 48.7. The van der Waals surface area contributed by atoms with Gasteiger partial charge < -0.3 is 24.6 Å². The number of amides is 1. The third kappa shape index (κ3) is 4.35. The molecule has 0 unspecified atom stereocenters. The molecule has 0 radical (unpaired) electrons. The molecule has 6 atom stereocenters. The van der Waals surface area contributed by atoms with Crippen LogP contribution in [0.4, 0.5) is 13.2 Å². The van der Waals surface area contributed by atoms with E-state index in [1.807, 2.05) is 6.07 Å². The number of aliphatic hydroxyl groups is 1. The van der Waals surface area contributed by atoms with Gasteiger partial charge in [-0.2, -0.15) is 0 Å². The van der Waals surface area contributed by atoms with Gasteiger partial charge in [0.05, 0.1) is 17.1 Å². The molecule has 2 heterocycles. The molecule has 2 bridgehead atoms. The third-order valence-electron chi connectivity index (χ3n) is 10.8. The van der Waals surface area contributed by atoms with Crippen molar-refractivity contribution in [1.29, 1.82) is 0 Å². The fourth-order valence-electron chi connectivity index (χ4n) is 8.79. The number of rotatable bonds is 7. The first-order valence-corrected chi connectivity index (χ1v) is 15.3. The summed E-state index contributed by atoms with van der Waals surface area (Å²) in [6.45, 7) is 3.88. The van der Waals surface area contributed by atoms with Crippen LogP contribution < -0.4 is 9.47 Å². The van der Waals surface area contributed by atoms with Gasteiger partial charge in [0.2, 0.25) is 5.91 Å². The SMILES string of the molecule is CC[C@H]1C[C@H](N(C)C(=O)C=Cc2cccc(OC(F)(F)F)c2)[C@H]2Oc3c(O)ccc4c3[C@@]23CCN(CC2CC2)[C@H](C4)[C@]13O. The van der Waals surface area contributed by atoms with Crippen LogP contribution in [-0.4, -0.2) is 76.2 Å². The minimum absolute atomic E-state index is 0.0466. The van der Waals surface area contributed by atoms with E-state index >= 15 is 0 Å². The fourth-order valence-corrected chi connectivity index (χ4v) is 8.79. The number of benzene rings is 2. The highest BCUT2D eigenvalue weighted by Crippen LogP contribution is 2.67. The van der Waals surface area contributed by atoms with E-state index in [0.29, 0.717) is 36.5 Å². The number of piperidine rings is 1. The smallest absolute Gasteiger partial charge is 0.504 e. The second-order valence-corrected chi connectivity index (χ2v) is 13.0. The second-order valence-electron chi connectivity index (χ2n) is 13.0. The van der Waals surface area contributed by atoms with Crippen LogP contribution in [0.2, 0.25) is 0 Å². The van der Waals surface area contributed by atoms with E-state index in [0.717, 1.165) is 30.6 Å². The normalized spacial score (nSPS) is 32.8. The Morgan fingerprint density at radius 3 is 2.77 bits per heavy atom. The Labute approximate surface area is 248 Å². The van der Waals surface area contributed by atoms with Gasteiger partial charge >= 0.3 is 6.36 Å². The van der Waals surface area contributed by atoms with Gasteiger partial charge in [-0.25, -0.2) is 0 Å². The highest BCUT2D eigenvalue weighted by atomic mass is 19.4. The van der Waals surface area contributed by atoms with Gasteiger partial charge in [-0.3, -0.25) is 9.69 Å². The molecule has 3 aliphatic carbocycles. The van der Waals surface area contributed by atoms with Gasteiger partial charge in [-0.1, -0.05) is 31.5 Å². The molecule has 2 aromatic rings. The Morgan fingerprint density at radius 1 is 1.26 bits per heavy atom. The van der Waals surface area contributed by atoms with E-state index < -0.39 is 29.5 Å². The Kier molecular flexibility index (Phi) is 6.56. The van der Waals surface area contributed by atoms with Crippen molar-refractivity contribution >= 4 is 12.0 Å². The maximum Gasteiger partial charge on any atom is 0.573 e. The maximum absolute atomic E-state index is 13.6. The van der Waals surface area contributed by atoms with Crippen molar-refractivity contribution in [1.82, 2.24) is 9.80 Å². The Balaban J connectivity index is 1.23. The van der Waals surface area contributed by atoms with E-state index in [-0.39, 0.29) is 29.4 Å². The minimum Gasteiger partial charge on any atom is -0.504 e. The average Bonchev–Trinajstić information content (AvgIpc) is 3.70. The lowest BCUT2D eigenvalue weighted by Crippen LogP contribution is -2.81. The predicted octanol–water partition coefficient (Wildman–Crippen LogP) is 5.03. The molecule has 7 rings (SSSR count). The number of aromatic hydroxyl groups is 1. The minimum atomic E-state index is -4.81. The van der Waals surface area contributed by atoms with Gasteiger partial charge in [0.25, 0.3) is 0 Å². The average molecular weight is 599 g/mol. The van der Waals surface area contributed by atoms with Gasteiger partial charge in [-0.05, 0) is 85.9 Å². The van der Waals surface area contributed by atoms with Crippen molar-refractivity contribution in [3.05, 3.63) is 59.2 Å². The molecule has 2 saturated carbocycles. The molecule has 43 heavy (non-hydrogen) atoms. The quantitative estimate of drug-likeness (QED) is 0.435. The highest BCUT2D eigenvalue weighted by molar-refractivity contribution is 5.92. The van der Waals surface area contributed by atoms with Gasteiger partial charge in [0.1, 0.15) is 11.9 Å². The first-order chi connectivity index (χ1) is 20.5. The van der Waals surface area contributed by atoms with Crippen molar-refractivity contribution in [2.75, 3.05) is 20.1 Å². The number of hydrogen-bond donors (Lipinski definition) is 2. The number of carbonyl (C=O) groups excluding carboxylic acids is 1. The molecule has 7 nitrogen and oxygen atoms in total. The number of phenolic OH excluding ortho intramolecular Hbond substituents is 1. The van der Waals surface area contributed by atoms with Crippen LogP contribution in [0.3, 0.4) is 0 Å². The first kappa shape index (κ1) is 28.5. The lowest BCUT2D eigenvalue weighted by molar-refractivity contribution is -0.274. The topological polar surface area (TPSA) is 82.5 Å². The van der Waals surface area contributed by atoms with Crippen molar-refractivity contribution in [3.63, 3.8) is 0 Å². The Bertz CT molecular complexity index is 1470. The number of halogens is 3. The summed E-state index contributed by atoms with van der Waals surface area (Å²) in [5.74, 6) is 0.352. The van der Waals surface area contributed by atoms with Crippen LogP contribution >= 0.6 is 0 Å². The molecule has 10 heteroatoms. The van der Waals surface area contributed by atoms with Crippen LogP contribution in [0.15, 0.2) is 42.5 Å². The van der Waals surface area contributed by atoms with Crippen molar-refractivity contribution < 1.29 is 37.7 Å². The number of ether oxygens (including phenoxy) is 2. The molecule has 2 aromatic carbocycles. The van der Waals surface area contributed by atoms with Crippen LogP contribution in [0, 0.1) is 11.8 Å². The van der Waals surface area contributed by atoms with Gasteiger partial charge in [0, 0.05) is 31.3 Å². The fraction of sp³-hybridized carbons (Fsp3) is 0.545. The van der Waals surface area contributed by atoms with E-state index in [4.69, 9.17) is 4.74 Å². The summed E-state index contributed by atoms with van der Waals surface area (Å²) in [5.41, 5.74) is 0.536. The molecule has 0 aromatic heterocycles. The number of likely N-dealkylation sites (tertiary alicyclic amines) is 1. The number of phenols is 1. The summed E-state index contributed by atoms with van der Waals surface area (Å²) in [6, 6.07) is 8.63. The number of likely N-dealkylation sites (N-methyl/N-ethyl adjacent to an activating group) is 1. The van der Waals surface area contributed by atoms with E-state index in [1.54, 1.807) is 24.1 Å². The van der Waals surface area contributed by atoms with Gasteiger partial charge in [0.15, 0.2) is 11.5 Å². The monoisotopic (exact) mass is 598 g/mol. The van der Waals surface area contributed by atoms with E-state index in [2.05, 4.69) is 16.6 Å². The maximum atomic E-state index is 13.6. The van der Waals surface area contributed by atoms with Crippen LogP contribution in [0.5, 0.6) is 17.2 Å².